The molecule has 3 aliphatic carbocycles. The summed E-state index contributed by atoms with van der Waals surface area (Å²) < 4.78 is 15.7. The van der Waals surface area contributed by atoms with Crippen LogP contribution >= 0.6 is 34.5 Å². The van der Waals surface area contributed by atoms with Crippen LogP contribution < -0.4 is 9.64 Å². The lowest BCUT2D eigenvalue weighted by Crippen LogP contribution is -2.38. The molecule has 2 aromatic carbocycles. The Morgan fingerprint density at radius 1 is 1.00 bits per heavy atom. The third-order valence-corrected chi connectivity index (χ3v) is 9.92. The molecule has 1 aliphatic heterocycles. The molecule has 38 heavy (non-hydrogen) atoms. The molecule has 10 heteroatoms. The Morgan fingerprint density at radius 3 is 2.55 bits per heavy atom. The highest BCUT2D eigenvalue weighted by molar-refractivity contribution is 7.22. The van der Waals surface area contributed by atoms with Gasteiger partial charge in [0.05, 0.1) is 44.9 Å². The number of piperidine rings is 1. The highest BCUT2D eigenvalue weighted by atomic mass is 35.5. The number of nitrogens with zero attached hydrogens (tertiary/aromatic N) is 5. The molecule has 3 atom stereocenters. The van der Waals surface area contributed by atoms with Crippen molar-refractivity contribution in [1.29, 1.82) is 0 Å². The molecule has 2 bridgehead atoms. The van der Waals surface area contributed by atoms with Gasteiger partial charge in [-0.1, -0.05) is 51.9 Å². The standard InChI is InChI=1S/C28H27Cl2N5O2S/c29-19-3-1-4-20(30)27(19)35-21(25(32-33-35)15-7-8-15)14-36-23-12-17-11-16(23)13-34(17)28-31-26-22(37-18-9-10-18)5-2-6-24(26)38-28/h1-6,15-18,23H,7-14H2/t16-,17-,23+/m0/s1. The molecule has 4 aromatic rings. The minimum Gasteiger partial charge on any atom is -0.488 e. The molecule has 3 heterocycles. The zero-order valence-corrected chi connectivity index (χ0v) is 23.1. The highest BCUT2D eigenvalue weighted by Crippen LogP contribution is 2.46. The summed E-state index contributed by atoms with van der Waals surface area (Å²) in [6, 6.07) is 12.2. The lowest BCUT2D eigenvalue weighted by molar-refractivity contribution is 0.00991. The van der Waals surface area contributed by atoms with Gasteiger partial charge in [-0.3, -0.25) is 0 Å². The van der Waals surface area contributed by atoms with Crippen LogP contribution in [-0.4, -0.2) is 44.8 Å². The van der Waals surface area contributed by atoms with Crippen LogP contribution in [0.4, 0.5) is 5.13 Å². The van der Waals surface area contributed by atoms with E-state index in [0.29, 0.717) is 46.3 Å². The van der Waals surface area contributed by atoms with Crippen LogP contribution in [0.2, 0.25) is 10.0 Å². The number of hydrogen-bond donors (Lipinski definition) is 0. The molecule has 0 N–H and O–H groups in total. The van der Waals surface area contributed by atoms with Gasteiger partial charge in [0, 0.05) is 24.4 Å². The molecule has 3 saturated carbocycles. The lowest BCUT2D eigenvalue weighted by atomic mass is 10.1. The molecule has 2 aromatic heterocycles. The molecule has 1 saturated heterocycles. The third-order valence-electron chi connectivity index (χ3n) is 8.25. The summed E-state index contributed by atoms with van der Waals surface area (Å²) in [6.07, 6.45) is 7.28. The smallest absolute Gasteiger partial charge is 0.186 e. The van der Waals surface area contributed by atoms with Gasteiger partial charge in [-0.25, -0.2) is 9.67 Å². The van der Waals surface area contributed by atoms with Gasteiger partial charge in [0.25, 0.3) is 0 Å². The van der Waals surface area contributed by atoms with Gasteiger partial charge >= 0.3 is 0 Å². The Morgan fingerprint density at radius 2 is 1.82 bits per heavy atom. The molecular formula is C28H27Cl2N5O2S. The molecule has 8 rings (SSSR count). The minimum atomic E-state index is 0.205. The van der Waals surface area contributed by atoms with Gasteiger partial charge in [-0.15, -0.1) is 5.10 Å². The topological polar surface area (TPSA) is 65.3 Å². The predicted octanol–water partition coefficient (Wildman–Crippen LogP) is 6.79. The maximum atomic E-state index is 6.60. The molecule has 4 fully saturated rings. The molecule has 196 valence electrons. The lowest BCUT2D eigenvalue weighted by Gasteiger charge is -2.31. The van der Waals surface area contributed by atoms with E-state index in [9.17, 15) is 0 Å². The predicted molar refractivity (Wildman–Crippen MR) is 149 cm³/mol. The van der Waals surface area contributed by atoms with Gasteiger partial charge in [0.2, 0.25) is 0 Å². The largest absolute Gasteiger partial charge is 0.488 e. The van der Waals surface area contributed by atoms with Crippen LogP contribution in [0.25, 0.3) is 15.9 Å². The summed E-state index contributed by atoms with van der Waals surface area (Å²) >= 11 is 14.8. The van der Waals surface area contributed by atoms with E-state index in [-0.39, 0.29) is 6.10 Å². The highest BCUT2D eigenvalue weighted by Gasteiger charge is 2.46. The first-order chi connectivity index (χ1) is 18.6. The summed E-state index contributed by atoms with van der Waals surface area (Å²) in [6.45, 7) is 1.43. The van der Waals surface area contributed by atoms with E-state index >= 15 is 0 Å². The number of hydrogen-bond acceptors (Lipinski definition) is 7. The number of benzene rings is 2. The first-order valence-corrected chi connectivity index (χ1v) is 15.0. The van der Waals surface area contributed by atoms with Crippen molar-refractivity contribution in [2.24, 2.45) is 5.92 Å². The maximum Gasteiger partial charge on any atom is 0.186 e. The van der Waals surface area contributed by atoms with Crippen LogP contribution in [0.5, 0.6) is 5.75 Å². The molecule has 0 unspecified atom stereocenters. The van der Waals surface area contributed by atoms with E-state index in [4.69, 9.17) is 37.7 Å². The van der Waals surface area contributed by atoms with Gasteiger partial charge in [0.15, 0.2) is 5.13 Å². The summed E-state index contributed by atoms with van der Waals surface area (Å²) in [7, 11) is 0. The zero-order chi connectivity index (χ0) is 25.4. The van der Waals surface area contributed by atoms with Gasteiger partial charge in [-0.05, 0) is 62.8 Å². The summed E-state index contributed by atoms with van der Waals surface area (Å²) in [5, 5.41) is 11.2. The van der Waals surface area contributed by atoms with Crippen molar-refractivity contribution in [1.82, 2.24) is 20.0 Å². The first-order valence-electron chi connectivity index (χ1n) is 13.5. The SMILES string of the molecule is Clc1cccc(Cl)c1-n1nnc(C2CC2)c1CO[C@@H]1C[C@@H]2C[C@H]1CN2c1nc2c(OC3CC3)cccc2s1. The normalized spacial score (nSPS) is 24.6. The number of fused-ring (bicyclic) bond motifs is 3. The van der Waals surface area contributed by atoms with Gasteiger partial charge in [0.1, 0.15) is 17.0 Å². The zero-order valence-electron chi connectivity index (χ0n) is 20.7. The van der Waals surface area contributed by atoms with E-state index < -0.39 is 0 Å². The van der Waals surface area contributed by atoms with E-state index in [1.807, 2.05) is 18.2 Å². The number of anilines is 1. The molecule has 0 amide bonds. The number of para-hydroxylation sites is 2. The fourth-order valence-electron chi connectivity index (χ4n) is 6.02. The Bertz CT molecular complexity index is 1510. The van der Waals surface area contributed by atoms with Gasteiger partial charge in [-0.2, -0.15) is 0 Å². The van der Waals surface area contributed by atoms with Crippen molar-refractivity contribution in [3.8, 4) is 11.4 Å². The van der Waals surface area contributed by atoms with E-state index in [0.717, 1.165) is 72.9 Å². The quantitative estimate of drug-likeness (QED) is 0.233. The van der Waals surface area contributed by atoms with Gasteiger partial charge < -0.3 is 14.4 Å². The number of halogens is 2. The molecule has 7 nitrogen and oxygen atoms in total. The Labute approximate surface area is 234 Å². The summed E-state index contributed by atoms with van der Waals surface area (Å²) in [4.78, 5) is 7.53. The van der Waals surface area contributed by atoms with Crippen molar-refractivity contribution < 1.29 is 9.47 Å². The Kier molecular flexibility index (Phi) is 5.62. The molecule has 4 aliphatic rings. The van der Waals surface area contributed by atoms with Crippen molar-refractivity contribution in [3.63, 3.8) is 0 Å². The van der Waals surface area contributed by atoms with Crippen LogP contribution in [-0.2, 0) is 11.3 Å². The van der Waals surface area contributed by atoms with Crippen molar-refractivity contribution in [3.05, 3.63) is 57.8 Å². The second-order valence-electron chi connectivity index (χ2n) is 11.0. The number of aromatic nitrogens is 4. The molecule has 0 radical (unpaired) electrons. The van der Waals surface area contributed by atoms with Crippen LogP contribution in [0, 0.1) is 5.92 Å². The number of rotatable bonds is 8. The van der Waals surface area contributed by atoms with Crippen LogP contribution in [0.15, 0.2) is 36.4 Å². The maximum absolute atomic E-state index is 6.60. The Hall–Kier alpha value is -2.39. The summed E-state index contributed by atoms with van der Waals surface area (Å²) in [5.74, 6) is 1.85. The minimum absolute atomic E-state index is 0.205. The number of ether oxygens (including phenoxy) is 2. The third kappa shape index (κ3) is 4.08. The van der Waals surface area contributed by atoms with E-state index in [1.54, 1.807) is 16.0 Å². The average molecular weight is 569 g/mol. The fourth-order valence-corrected chi connectivity index (χ4v) is 7.64. The first kappa shape index (κ1) is 23.5. The summed E-state index contributed by atoms with van der Waals surface area (Å²) in [5.41, 5.74) is 3.66. The van der Waals surface area contributed by atoms with Crippen molar-refractivity contribution >= 4 is 49.9 Å². The second-order valence-corrected chi connectivity index (χ2v) is 12.8. The van der Waals surface area contributed by atoms with E-state index in [2.05, 4.69) is 33.4 Å². The van der Waals surface area contributed by atoms with Crippen LogP contribution in [0.3, 0.4) is 0 Å². The fraction of sp³-hybridized carbons (Fsp3) is 0.464. The monoisotopic (exact) mass is 567 g/mol. The molecular weight excluding hydrogens is 541 g/mol. The average Bonchev–Trinajstić information content (AvgIpc) is 3.73. The molecule has 0 spiro atoms. The van der Waals surface area contributed by atoms with Crippen molar-refractivity contribution in [2.75, 3.05) is 11.4 Å². The van der Waals surface area contributed by atoms with Crippen molar-refractivity contribution in [2.45, 2.75) is 69.3 Å². The second kappa shape index (κ2) is 9.08. The Balaban J connectivity index is 0.997. The van der Waals surface area contributed by atoms with Crippen LogP contribution in [0.1, 0.15) is 55.8 Å². The van der Waals surface area contributed by atoms with E-state index in [1.165, 1.54) is 4.70 Å². The number of thiazole rings is 1.